The van der Waals surface area contributed by atoms with Gasteiger partial charge in [0.1, 0.15) is 0 Å². The second-order valence-electron chi connectivity index (χ2n) is 4.28. The monoisotopic (exact) mass is 476 g/mol. The molecule has 0 atom stereocenters. The maximum absolute atomic E-state index is 2.61. The molecule has 1 aromatic rings. The fourth-order valence-corrected chi connectivity index (χ4v) is 10.8. The van der Waals surface area contributed by atoms with Crippen LogP contribution in [0.3, 0.4) is 0 Å². The predicted octanol–water partition coefficient (Wildman–Crippen LogP) is 3.97. The number of hydrogen-bond acceptors (Lipinski definition) is 0. The van der Waals surface area contributed by atoms with Gasteiger partial charge in [0.25, 0.3) is 0 Å². The first-order valence-corrected chi connectivity index (χ1v) is 12.1. The van der Waals surface area contributed by atoms with Crippen molar-refractivity contribution in [3.8, 4) is 0 Å². The van der Waals surface area contributed by atoms with Gasteiger partial charge in [0, 0.05) is 0 Å². The van der Waals surface area contributed by atoms with Crippen LogP contribution in [0.5, 0.6) is 0 Å². The fraction of sp³-hybridized carbons (Fsp3) is 0.500. The molecule has 2 heteroatoms. The molecule has 0 heterocycles. The summed E-state index contributed by atoms with van der Waals surface area (Å²) in [6, 6.07) is 11.2. The molecule has 0 aliphatic heterocycles. The van der Waals surface area contributed by atoms with Crippen LogP contribution in [0.4, 0.5) is 0 Å². The zero-order valence-electron chi connectivity index (χ0n) is 11.5. The van der Waals surface area contributed by atoms with Crippen LogP contribution in [0.25, 0.3) is 0 Å². The van der Waals surface area contributed by atoms with E-state index in [2.05, 4.69) is 50.3 Å². The second-order valence-corrected chi connectivity index (χ2v) is 13.2. The van der Waals surface area contributed by atoms with Gasteiger partial charge in [-0.2, -0.15) is 0 Å². The van der Waals surface area contributed by atoms with Crippen molar-refractivity contribution in [2.75, 3.05) is 0 Å². The van der Waals surface area contributed by atoms with Crippen molar-refractivity contribution < 1.29 is 0 Å². The van der Waals surface area contributed by atoms with Gasteiger partial charge in [-0.05, 0) is 0 Å². The van der Waals surface area contributed by atoms with Crippen LogP contribution in [0.2, 0.25) is 4.47 Å². The zero-order valence-corrected chi connectivity index (χ0v) is 16.2. The molecule has 100 valence electrons. The summed E-state index contributed by atoms with van der Waals surface area (Å²) in [7, 11) is 0. The van der Waals surface area contributed by atoms with Gasteiger partial charge >= 0.3 is 134 Å². The van der Waals surface area contributed by atoms with Crippen molar-refractivity contribution in [1.82, 2.24) is 0 Å². The molecule has 0 N–H and O–H groups in total. The molecule has 0 bridgehead atoms. The van der Waals surface area contributed by atoms with Crippen LogP contribution in [-0.2, 0) is 0 Å². The Bertz CT molecular complexity index is 330. The number of benzene rings is 1. The Kier molecular flexibility index (Phi) is 10.5. The SMILES string of the molecule is CCCC/C=C(\[Te]CCCC)[Te]c1ccccc1. The van der Waals surface area contributed by atoms with E-state index in [0.717, 1.165) is 0 Å². The van der Waals surface area contributed by atoms with Crippen molar-refractivity contribution >= 4 is 45.5 Å². The van der Waals surface area contributed by atoms with Crippen molar-refractivity contribution in [1.29, 1.82) is 0 Å². The first kappa shape index (κ1) is 16.6. The van der Waals surface area contributed by atoms with Crippen LogP contribution < -0.4 is 3.61 Å². The van der Waals surface area contributed by atoms with Gasteiger partial charge in [-0.3, -0.25) is 0 Å². The van der Waals surface area contributed by atoms with Gasteiger partial charge < -0.3 is 0 Å². The molecule has 0 aliphatic carbocycles. The Balaban J connectivity index is 2.50. The summed E-state index contributed by atoms with van der Waals surface area (Å²) < 4.78 is 5.03. The second kappa shape index (κ2) is 11.4. The Labute approximate surface area is 133 Å². The maximum atomic E-state index is 2.61. The topological polar surface area (TPSA) is 0 Å². The Hall–Kier alpha value is 0.539. The standard InChI is InChI=1S/C16H24Te2/c1-3-5-8-13-16(17-14-6-4-2)18-15-11-9-7-10-12-15/h7,9-13H,3-6,8,14H2,1-2H3/b16-13+. The molecule has 0 aliphatic rings. The third kappa shape index (κ3) is 7.86. The molecule has 0 radical (unpaired) electrons. The molecule has 0 amide bonds. The Morgan fingerprint density at radius 3 is 2.44 bits per heavy atom. The minimum absolute atomic E-state index is 0.0488. The van der Waals surface area contributed by atoms with Gasteiger partial charge in [0.05, 0.1) is 0 Å². The van der Waals surface area contributed by atoms with Crippen LogP contribution in [0.15, 0.2) is 38.1 Å². The van der Waals surface area contributed by atoms with Gasteiger partial charge in [0.2, 0.25) is 0 Å². The third-order valence-electron chi connectivity index (χ3n) is 2.57. The summed E-state index contributed by atoms with van der Waals surface area (Å²) in [5, 5.41) is 0. The van der Waals surface area contributed by atoms with Crippen molar-refractivity contribution in [2.45, 2.75) is 50.4 Å². The Morgan fingerprint density at radius 2 is 1.78 bits per heavy atom. The predicted molar refractivity (Wildman–Crippen MR) is 84.9 cm³/mol. The number of allylic oxidation sites excluding steroid dienone is 1. The summed E-state index contributed by atoms with van der Waals surface area (Å²) in [5.41, 5.74) is 0. The minimum atomic E-state index is -0.0488. The first-order valence-electron chi connectivity index (χ1n) is 6.92. The van der Waals surface area contributed by atoms with Crippen molar-refractivity contribution in [3.63, 3.8) is 0 Å². The number of unbranched alkanes of at least 4 members (excludes halogenated alkanes) is 3. The quantitative estimate of drug-likeness (QED) is 0.378. The van der Waals surface area contributed by atoms with E-state index in [1.807, 2.05) is 1.67 Å². The molecule has 1 rings (SSSR count). The Morgan fingerprint density at radius 1 is 1.06 bits per heavy atom. The summed E-state index contributed by atoms with van der Waals surface area (Å²) in [5.74, 6) is 0. The fourth-order valence-electron chi connectivity index (χ4n) is 1.48. The molecule has 0 saturated heterocycles. The van der Waals surface area contributed by atoms with E-state index < -0.39 is 0 Å². The number of rotatable bonds is 9. The average molecular weight is 472 g/mol. The van der Waals surface area contributed by atoms with Crippen LogP contribution >= 0.6 is 0 Å². The summed E-state index contributed by atoms with van der Waals surface area (Å²) in [4.78, 5) is 0. The van der Waals surface area contributed by atoms with E-state index in [9.17, 15) is 0 Å². The van der Waals surface area contributed by atoms with Crippen LogP contribution in [0.1, 0.15) is 46.0 Å². The third-order valence-corrected chi connectivity index (χ3v) is 11.6. The van der Waals surface area contributed by atoms with Gasteiger partial charge in [-0.15, -0.1) is 0 Å². The molecule has 1 aromatic carbocycles. The molecular weight excluding hydrogens is 447 g/mol. The van der Waals surface area contributed by atoms with Gasteiger partial charge in [0.15, 0.2) is 0 Å². The molecule has 0 saturated carbocycles. The van der Waals surface area contributed by atoms with Gasteiger partial charge in [-0.25, -0.2) is 0 Å². The van der Waals surface area contributed by atoms with E-state index in [4.69, 9.17) is 0 Å². The van der Waals surface area contributed by atoms with E-state index in [1.54, 1.807) is 3.61 Å². The summed E-state index contributed by atoms with van der Waals surface area (Å²) in [6.45, 7) is 4.59. The van der Waals surface area contributed by atoms with E-state index in [-0.39, 0.29) is 41.8 Å². The zero-order chi connectivity index (χ0) is 13.1. The van der Waals surface area contributed by atoms with Gasteiger partial charge in [-0.1, -0.05) is 0 Å². The molecule has 0 unspecified atom stereocenters. The molecule has 0 fully saturated rings. The first-order chi connectivity index (χ1) is 8.86. The summed E-state index contributed by atoms with van der Waals surface area (Å²) in [6.07, 6.45) is 9.42. The van der Waals surface area contributed by atoms with Crippen LogP contribution in [0, 0.1) is 0 Å². The molecule has 0 nitrogen and oxygen atoms in total. The van der Waals surface area contributed by atoms with E-state index >= 15 is 0 Å². The van der Waals surface area contributed by atoms with Crippen molar-refractivity contribution in [2.24, 2.45) is 0 Å². The average Bonchev–Trinajstić information content (AvgIpc) is 2.40. The molecule has 0 aromatic heterocycles. The number of hydrogen-bond donors (Lipinski definition) is 0. The van der Waals surface area contributed by atoms with Crippen molar-refractivity contribution in [3.05, 3.63) is 38.1 Å². The van der Waals surface area contributed by atoms with Crippen LogP contribution in [-0.4, -0.2) is 41.8 Å². The van der Waals surface area contributed by atoms with E-state index in [0.29, 0.717) is 0 Å². The molecule has 0 spiro atoms. The van der Waals surface area contributed by atoms with E-state index in [1.165, 1.54) is 36.6 Å². The molecule has 18 heavy (non-hydrogen) atoms. The molecular formula is C16H24Te2. The normalized spacial score (nSPS) is 11.8. The summed E-state index contributed by atoms with van der Waals surface area (Å²) >= 11 is 0.0946.